The van der Waals surface area contributed by atoms with Gasteiger partial charge in [0.1, 0.15) is 0 Å². The minimum absolute atomic E-state index is 0. The first-order valence-electron chi connectivity index (χ1n) is 9.84. The summed E-state index contributed by atoms with van der Waals surface area (Å²) in [7, 11) is 0. The van der Waals surface area contributed by atoms with Gasteiger partial charge in [0.25, 0.3) is 0 Å². The van der Waals surface area contributed by atoms with Crippen molar-refractivity contribution in [3.05, 3.63) is 66.3 Å². The molecule has 7 heteroatoms. The average Bonchev–Trinajstić information content (AvgIpc) is 3.15. The summed E-state index contributed by atoms with van der Waals surface area (Å²) in [6, 6.07) is 16.6. The Labute approximate surface area is 174 Å². The van der Waals surface area contributed by atoms with Crippen molar-refractivity contribution in [2.24, 2.45) is 5.41 Å². The maximum absolute atomic E-state index is 5.59. The van der Waals surface area contributed by atoms with Crippen LogP contribution in [0.25, 0.3) is 22.4 Å². The molecule has 1 spiro atoms. The predicted octanol–water partition coefficient (Wildman–Crippen LogP) is 4.02. The minimum Gasteiger partial charge on any atom is -0.339 e. The number of halogens is 1. The number of hydrogen-bond donors (Lipinski definition) is 1. The molecule has 3 heterocycles. The molecule has 6 nitrogen and oxygen atoms in total. The Morgan fingerprint density at radius 3 is 2.83 bits per heavy atom. The summed E-state index contributed by atoms with van der Waals surface area (Å²) >= 11 is 0. The largest absolute Gasteiger partial charge is 0.339 e. The fourth-order valence-corrected chi connectivity index (χ4v) is 4.52. The third-order valence-corrected chi connectivity index (χ3v) is 6.30. The molecule has 1 saturated carbocycles. The van der Waals surface area contributed by atoms with Crippen LogP contribution in [-0.4, -0.2) is 32.8 Å². The summed E-state index contributed by atoms with van der Waals surface area (Å²) in [4.78, 5) is 9.15. The molecule has 2 aromatic carbocycles. The summed E-state index contributed by atoms with van der Waals surface area (Å²) in [6.07, 6.45) is 4.28. The Morgan fingerprint density at radius 1 is 1.14 bits per heavy atom. The number of fused-ring (bicyclic) bond motifs is 1. The third-order valence-electron chi connectivity index (χ3n) is 6.30. The van der Waals surface area contributed by atoms with Gasteiger partial charge in [-0.15, -0.1) is 12.4 Å². The van der Waals surface area contributed by atoms with Crippen molar-refractivity contribution in [1.29, 1.82) is 0 Å². The molecule has 4 aromatic rings. The van der Waals surface area contributed by atoms with Crippen LogP contribution in [0.1, 0.15) is 30.2 Å². The first-order valence-corrected chi connectivity index (χ1v) is 9.84. The van der Waals surface area contributed by atoms with Crippen LogP contribution in [0.2, 0.25) is 0 Å². The fraction of sp³-hybridized carbons (Fsp3) is 0.318. The van der Waals surface area contributed by atoms with E-state index in [9.17, 15) is 0 Å². The van der Waals surface area contributed by atoms with Gasteiger partial charge in [-0.25, -0.2) is 4.98 Å². The van der Waals surface area contributed by atoms with Crippen LogP contribution < -0.4 is 5.32 Å². The van der Waals surface area contributed by atoms with Crippen LogP contribution in [0, 0.1) is 5.41 Å². The standard InChI is InChI=1S/C22H21N5O.ClH/c1-2-4-19-18(3-1)24-14-27(19)12-15-5-7-16(8-6-15)20-25-21(28-26-20)17-11-22(17)9-10-23-13-22;/h1-8,14,17,23H,9-13H2;1H. The molecule has 0 bridgehead atoms. The van der Waals surface area contributed by atoms with Crippen LogP contribution in [0.15, 0.2) is 59.4 Å². The lowest BCUT2D eigenvalue weighted by atomic mass is 10.0. The monoisotopic (exact) mass is 407 g/mol. The maximum atomic E-state index is 5.59. The van der Waals surface area contributed by atoms with E-state index in [1.807, 2.05) is 24.5 Å². The van der Waals surface area contributed by atoms with E-state index in [1.165, 1.54) is 18.4 Å². The van der Waals surface area contributed by atoms with Gasteiger partial charge in [0.05, 0.1) is 17.4 Å². The van der Waals surface area contributed by atoms with Gasteiger partial charge in [-0.2, -0.15) is 4.98 Å². The van der Waals surface area contributed by atoms with Crippen LogP contribution >= 0.6 is 12.4 Å². The van der Waals surface area contributed by atoms with Gasteiger partial charge in [0, 0.05) is 24.6 Å². The van der Waals surface area contributed by atoms with Crippen LogP contribution in [0.5, 0.6) is 0 Å². The molecule has 1 saturated heterocycles. The molecule has 2 aromatic heterocycles. The van der Waals surface area contributed by atoms with Gasteiger partial charge < -0.3 is 14.4 Å². The number of benzene rings is 2. The summed E-state index contributed by atoms with van der Waals surface area (Å²) in [5, 5.41) is 7.68. The van der Waals surface area contributed by atoms with Gasteiger partial charge in [-0.05, 0) is 42.5 Å². The summed E-state index contributed by atoms with van der Waals surface area (Å²) < 4.78 is 7.76. The summed E-state index contributed by atoms with van der Waals surface area (Å²) in [5.74, 6) is 1.91. The number of nitrogens with zero attached hydrogens (tertiary/aromatic N) is 4. The molecule has 2 unspecified atom stereocenters. The molecule has 1 aliphatic carbocycles. The highest BCUT2D eigenvalue weighted by molar-refractivity contribution is 5.85. The lowest BCUT2D eigenvalue weighted by Gasteiger charge is -2.05. The van der Waals surface area contributed by atoms with E-state index in [2.05, 4.69) is 55.3 Å². The first-order chi connectivity index (χ1) is 13.8. The van der Waals surface area contributed by atoms with Crippen molar-refractivity contribution in [3.8, 4) is 11.4 Å². The molecule has 1 aliphatic heterocycles. The van der Waals surface area contributed by atoms with Crippen molar-refractivity contribution >= 4 is 23.4 Å². The van der Waals surface area contributed by atoms with E-state index < -0.39 is 0 Å². The van der Waals surface area contributed by atoms with E-state index in [-0.39, 0.29) is 12.4 Å². The lowest BCUT2D eigenvalue weighted by Crippen LogP contribution is -2.10. The Bertz CT molecular complexity index is 1140. The highest BCUT2D eigenvalue weighted by Crippen LogP contribution is 2.62. The molecule has 29 heavy (non-hydrogen) atoms. The van der Waals surface area contributed by atoms with E-state index in [4.69, 9.17) is 4.52 Å². The normalized spacial score (nSPS) is 22.8. The Hall–Kier alpha value is -2.70. The Morgan fingerprint density at radius 2 is 2.00 bits per heavy atom. The second-order valence-corrected chi connectivity index (χ2v) is 8.06. The number of aromatic nitrogens is 4. The molecule has 2 atom stereocenters. The molecule has 148 valence electrons. The predicted molar refractivity (Wildman–Crippen MR) is 113 cm³/mol. The molecular weight excluding hydrogens is 386 g/mol. The second kappa shape index (κ2) is 6.97. The number of hydrogen-bond acceptors (Lipinski definition) is 5. The van der Waals surface area contributed by atoms with Crippen LogP contribution in [0.4, 0.5) is 0 Å². The lowest BCUT2D eigenvalue weighted by molar-refractivity contribution is 0.364. The van der Waals surface area contributed by atoms with E-state index >= 15 is 0 Å². The van der Waals surface area contributed by atoms with Gasteiger partial charge in [0.2, 0.25) is 11.7 Å². The molecule has 2 fully saturated rings. The second-order valence-electron chi connectivity index (χ2n) is 8.06. The summed E-state index contributed by atoms with van der Waals surface area (Å²) in [6.45, 7) is 2.97. The molecule has 1 N–H and O–H groups in total. The van der Waals surface area contributed by atoms with E-state index in [1.54, 1.807) is 0 Å². The van der Waals surface area contributed by atoms with Gasteiger partial charge >= 0.3 is 0 Å². The van der Waals surface area contributed by atoms with E-state index in [0.717, 1.165) is 42.1 Å². The molecule has 0 radical (unpaired) electrons. The van der Waals surface area contributed by atoms with Crippen LogP contribution in [-0.2, 0) is 6.54 Å². The van der Waals surface area contributed by atoms with Crippen molar-refractivity contribution < 1.29 is 4.52 Å². The van der Waals surface area contributed by atoms with Crippen LogP contribution in [0.3, 0.4) is 0 Å². The quantitative estimate of drug-likeness (QED) is 0.553. The zero-order valence-corrected chi connectivity index (χ0v) is 16.7. The zero-order valence-electron chi connectivity index (χ0n) is 15.9. The smallest absolute Gasteiger partial charge is 0.230 e. The molecule has 2 aliphatic rings. The number of nitrogens with one attached hydrogen (secondary N) is 1. The third kappa shape index (κ3) is 3.12. The highest BCUT2D eigenvalue weighted by atomic mass is 35.5. The fourth-order valence-electron chi connectivity index (χ4n) is 4.52. The van der Waals surface area contributed by atoms with Crippen molar-refractivity contribution in [1.82, 2.24) is 25.0 Å². The maximum Gasteiger partial charge on any atom is 0.230 e. The van der Waals surface area contributed by atoms with Gasteiger partial charge in [0.15, 0.2) is 0 Å². The van der Waals surface area contributed by atoms with Crippen molar-refractivity contribution in [3.63, 3.8) is 0 Å². The number of para-hydroxylation sites is 2. The number of imidazole rings is 1. The summed E-state index contributed by atoms with van der Waals surface area (Å²) in [5.41, 5.74) is 4.76. The van der Waals surface area contributed by atoms with Crippen molar-refractivity contribution in [2.75, 3.05) is 13.1 Å². The van der Waals surface area contributed by atoms with E-state index in [0.29, 0.717) is 17.2 Å². The molecule has 6 rings (SSSR count). The minimum atomic E-state index is 0. The first kappa shape index (κ1) is 18.3. The van der Waals surface area contributed by atoms with Gasteiger partial charge in [-0.3, -0.25) is 0 Å². The molecular formula is C22H22ClN5O. The number of rotatable bonds is 4. The Kier molecular flexibility index (Phi) is 4.41. The Balaban J connectivity index is 0.00000181. The van der Waals surface area contributed by atoms with Gasteiger partial charge in [-0.1, -0.05) is 41.6 Å². The highest BCUT2D eigenvalue weighted by Gasteiger charge is 2.58. The zero-order chi connectivity index (χ0) is 18.6. The SMILES string of the molecule is Cl.c1ccc2c(c1)ncn2Cc1ccc(-c2noc(C3CC34CCNC4)n2)cc1. The van der Waals surface area contributed by atoms with Crippen molar-refractivity contribution in [2.45, 2.75) is 25.3 Å². The topological polar surface area (TPSA) is 68.8 Å². The molecule has 0 amide bonds. The average molecular weight is 408 g/mol.